The smallest absolute Gasteiger partial charge is 0.326 e. The van der Waals surface area contributed by atoms with Crippen LogP contribution in [0.4, 0.5) is 0 Å². The third-order valence-corrected chi connectivity index (χ3v) is 4.35. The van der Waals surface area contributed by atoms with Crippen molar-refractivity contribution < 1.29 is 24.3 Å². The molecule has 0 saturated carbocycles. The normalized spacial score (nSPS) is 19.7. The molecule has 1 aromatic carbocycles. The summed E-state index contributed by atoms with van der Waals surface area (Å²) in [6.45, 7) is 0. The van der Waals surface area contributed by atoms with Crippen LogP contribution in [0.5, 0.6) is 0 Å². The first-order valence-electron chi connectivity index (χ1n) is 8.94. The van der Waals surface area contributed by atoms with Crippen LogP contribution in [0.25, 0.3) is 0 Å². The highest BCUT2D eigenvalue weighted by Crippen LogP contribution is 2.09. The van der Waals surface area contributed by atoms with Gasteiger partial charge in [0.25, 0.3) is 0 Å². The Morgan fingerprint density at radius 1 is 1.14 bits per heavy atom. The Morgan fingerprint density at radius 3 is 2.43 bits per heavy atom. The zero-order valence-electron chi connectivity index (χ0n) is 15.2. The van der Waals surface area contributed by atoms with Gasteiger partial charge in [-0.15, -0.1) is 0 Å². The van der Waals surface area contributed by atoms with E-state index in [1.807, 2.05) is 36.4 Å². The predicted molar refractivity (Wildman–Crippen MR) is 97.7 cm³/mol. The molecule has 0 unspecified atom stereocenters. The fourth-order valence-corrected chi connectivity index (χ4v) is 2.89. The van der Waals surface area contributed by atoms with Gasteiger partial charge in [-0.05, 0) is 18.4 Å². The predicted octanol–water partition coefficient (Wildman–Crippen LogP) is -0.134. The molecule has 0 spiro atoms. The van der Waals surface area contributed by atoms with Crippen molar-refractivity contribution in [3.8, 4) is 6.07 Å². The molecule has 0 aliphatic carbocycles. The molecule has 0 aromatic heterocycles. The summed E-state index contributed by atoms with van der Waals surface area (Å²) < 4.78 is 0. The molecule has 9 heteroatoms. The molecular weight excluding hydrogens is 364 g/mol. The second-order valence-electron chi connectivity index (χ2n) is 6.52. The molecule has 0 bridgehead atoms. The number of carboxylic acids is 1. The first kappa shape index (κ1) is 20.9. The summed E-state index contributed by atoms with van der Waals surface area (Å²) >= 11 is 0. The molecule has 4 N–H and O–H groups in total. The Kier molecular flexibility index (Phi) is 7.51. The molecule has 28 heavy (non-hydrogen) atoms. The van der Waals surface area contributed by atoms with E-state index in [0.29, 0.717) is 12.8 Å². The molecule has 0 radical (unpaired) electrons. The van der Waals surface area contributed by atoms with Crippen molar-refractivity contribution in [3.05, 3.63) is 35.9 Å². The summed E-state index contributed by atoms with van der Waals surface area (Å²) in [5.74, 6) is -2.77. The number of nitrogens with one attached hydrogen (secondary N) is 3. The third-order valence-electron chi connectivity index (χ3n) is 4.35. The van der Waals surface area contributed by atoms with Crippen LogP contribution in [0.1, 0.15) is 31.2 Å². The van der Waals surface area contributed by atoms with Crippen LogP contribution in [-0.2, 0) is 25.6 Å². The molecule has 9 nitrogen and oxygen atoms in total. The number of carbonyl (C=O) groups is 4. The lowest BCUT2D eigenvalue weighted by Crippen LogP contribution is -2.63. The van der Waals surface area contributed by atoms with Crippen LogP contribution in [0, 0.1) is 11.3 Å². The Labute approximate surface area is 162 Å². The molecule has 3 atom stereocenters. The van der Waals surface area contributed by atoms with Crippen molar-refractivity contribution in [2.24, 2.45) is 0 Å². The fourth-order valence-electron chi connectivity index (χ4n) is 2.89. The number of carboxylic acid groups (broad SMARTS) is 1. The SMILES string of the molecule is N#CCCC[C@H](NC(=O)C[C@@H]1NC(=O)[C@H](Cc2ccccc2)NC1=O)C(=O)O. The van der Waals surface area contributed by atoms with Crippen LogP contribution < -0.4 is 16.0 Å². The van der Waals surface area contributed by atoms with E-state index < -0.39 is 41.8 Å². The minimum absolute atomic E-state index is 0.108. The minimum Gasteiger partial charge on any atom is -0.480 e. The maximum atomic E-state index is 12.3. The monoisotopic (exact) mass is 386 g/mol. The molecule has 1 aliphatic rings. The second kappa shape index (κ2) is 10.1. The van der Waals surface area contributed by atoms with Crippen LogP contribution in [0.2, 0.25) is 0 Å². The summed E-state index contributed by atoms with van der Waals surface area (Å²) in [6, 6.07) is 8.18. The third kappa shape index (κ3) is 6.09. The Balaban J connectivity index is 1.88. The number of unbranched alkanes of at least 4 members (excludes halogenated alkanes) is 1. The van der Waals surface area contributed by atoms with Crippen molar-refractivity contribution in [1.82, 2.24) is 16.0 Å². The minimum atomic E-state index is -1.22. The molecule has 2 rings (SSSR count). The van der Waals surface area contributed by atoms with Gasteiger partial charge in [0.1, 0.15) is 18.1 Å². The number of amides is 3. The van der Waals surface area contributed by atoms with Gasteiger partial charge < -0.3 is 21.1 Å². The number of rotatable bonds is 9. The standard InChI is InChI=1S/C19H22N4O5/c20-9-5-4-8-13(19(27)28)21-16(24)11-15-18(26)22-14(17(25)23-15)10-12-6-2-1-3-7-12/h1-3,6-7,13-15H,4-5,8,10-11H2,(H,21,24)(H,22,26)(H,23,25)(H,27,28)/t13-,14-,15-/m0/s1. The van der Waals surface area contributed by atoms with Gasteiger partial charge in [0.15, 0.2) is 0 Å². The van der Waals surface area contributed by atoms with Gasteiger partial charge in [-0.25, -0.2) is 4.79 Å². The highest BCUT2D eigenvalue weighted by atomic mass is 16.4. The summed E-state index contributed by atoms with van der Waals surface area (Å²) in [4.78, 5) is 47.8. The number of benzene rings is 1. The van der Waals surface area contributed by atoms with E-state index in [0.717, 1.165) is 5.56 Å². The zero-order chi connectivity index (χ0) is 20.5. The number of hydrogen-bond acceptors (Lipinski definition) is 5. The quantitative estimate of drug-likeness (QED) is 0.434. The van der Waals surface area contributed by atoms with E-state index in [1.54, 1.807) is 0 Å². The van der Waals surface area contributed by atoms with E-state index in [4.69, 9.17) is 10.4 Å². The van der Waals surface area contributed by atoms with Gasteiger partial charge in [0.2, 0.25) is 17.7 Å². The summed E-state index contributed by atoms with van der Waals surface area (Å²) in [6.07, 6.45) is 0.588. The molecule has 148 valence electrons. The van der Waals surface area contributed by atoms with E-state index in [9.17, 15) is 19.2 Å². The molecule has 1 fully saturated rings. The number of carbonyl (C=O) groups excluding carboxylic acids is 3. The molecule has 3 amide bonds. The van der Waals surface area contributed by atoms with Crippen LogP contribution >= 0.6 is 0 Å². The zero-order valence-corrected chi connectivity index (χ0v) is 15.2. The van der Waals surface area contributed by atoms with E-state index in [2.05, 4.69) is 16.0 Å². The largest absolute Gasteiger partial charge is 0.480 e. The average Bonchev–Trinajstić information content (AvgIpc) is 2.66. The van der Waals surface area contributed by atoms with Gasteiger partial charge in [-0.1, -0.05) is 30.3 Å². The fraction of sp³-hybridized carbons (Fsp3) is 0.421. The Morgan fingerprint density at radius 2 is 1.79 bits per heavy atom. The Hall–Kier alpha value is -3.41. The molecule has 1 saturated heterocycles. The van der Waals surface area contributed by atoms with Crippen LogP contribution in [0.15, 0.2) is 30.3 Å². The lowest BCUT2D eigenvalue weighted by atomic mass is 10.0. The van der Waals surface area contributed by atoms with Gasteiger partial charge in [-0.3, -0.25) is 14.4 Å². The molecule has 1 heterocycles. The lowest BCUT2D eigenvalue weighted by Gasteiger charge is -2.29. The van der Waals surface area contributed by atoms with Crippen LogP contribution in [-0.4, -0.2) is 46.9 Å². The lowest BCUT2D eigenvalue weighted by molar-refractivity contribution is -0.143. The number of nitriles is 1. The summed E-state index contributed by atoms with van der Waals surface area (Å²) in [5.41, 5.74) is 0.890. The number of nitrogens with zero attached hydrogens (tertiary/aromatic N) is 1. The van der Waals surface area contributed by atoms with Crippen molar-refractivity contribution in [1.29, 1.82) is 5.26 Å². The average molecular weight is 386 g/mol. The van der Waals surface area contributed by atoms with Gasteiger partial charge in [-0.2, -0.15) is 5.26 Å². The van der Waals surface area contributed by atoms with E-state index in [-0.39, 0.29) is 19.3 Å². The number of piperazine rings is 1. The highest BCUT2D eigenvalue weighted by Gasteiger charge is 2.35. The van der Waals surface area contributed by atoms with Crippen molar-refractivity contribution in [3.63, 3.8) is 0 Å². The molecule has 1 aromatic rings. The van der Waals surface area contributed by atoms with Gasteiger partial charge in [0, 0.05) is 12.8 Å². The maximum absolute atomic E-state index is 12.3. The van der Waals surface area contributed by atoms with Crippen LogP contribution in [0.3, 0.4) is 0 Å². The van der Waals surface area contributed by atoms with Crippen molar-refractivity contribution in [2.45, 2.75) is 50.2 Å². The maximum Gasteiger partial charge on any atom is 0.326 e. The molecule has 1 aliphatic heterocycles. The topological polar surface area (TPSA) is 148 Å². The van der Waals surface area contributed by atoms with Crippen molar-refractivity contribution in [2.75, 3.05) is 0 Å². The second-order valence-corrected chi connectivity index (χ2v) is 6.52. The van der Waals surface area contributed by atoms with E-state index in [1.165, 1.54) is 0 Å². The highest BCUT2D eigenvalue weighted by molar-refractivity contribution is 5.99. The molecular formula is C19H22N4O5. The number of aliphatic carboxylic acids is 1. The van der Waals surface area contributed by atoms with Gasteiger partial charge >= 0.3 is 5.97 Å². The Bertz CT molecular complexity index is 774. The first-order chi connectivity index (χ1) is 13.4. The summed E-state index contributed by atoms with van der Waals surface area (Å²) in [7, 11) is 0. The van der Waals surface area contributed by atoms with Crippen molar-refractivity contribution >= 4 is 23.7 Å². The summed E-state index contributed by atoms with van der Waals surface area (Å²) in [5, 5.41) is 25.1. The number of hydrogen-bond donors (Lipinski definition) is 4. The van der Waals surface area contributed by atoms with Gasteiger partial charge in [0.05, 0.1) is 12.5 Å². The van der Waals surface area contributed by atoms with E-state index >= 15 is 0 Å². The first-order valence-corrected chi connectivity index (χ1v) is 8.94.